The Balaban J connectivity index is 3.71. The second-order valence-corrected chi connectivity index (χ2v) is 4.23. The van der Waals surface area contributed by atoms with E-state index in [1.807, 2.05) is 0 Å². The minimum atomic E-state index is -1.04. The number of ether oxygens (including phenoxy) is 1. The topological polar surface area (TPSA) is 63.6 Å². The van der Waals surface area contributed by atoms with Gasteiger partial charge in [-0.05, 0) is 12.8 Å². The van der Waals surface area contributed by atoms with Crippen LogP contribution < -0.4 is 0 Å². The van der Waals surface area contributed by atoms with E-state index in [2.05, 4.69) is 6.92 Å². The number of esters is 1. The van der Waals surface area contributed by atoms with Crippen LogP contribution in [0.4, 0.5) is 0 Å². The summed E-state index contributed by atoms with van der Waals surface area (Å²) in [5.74, 6) is -1.48. The number of hydrogen-bond donors (Lipinski definition) is 1. The molecule has 1 N–H and O–H groups in total. The van der Waals surface area contributed by atoms with E-state index in [0.29, 0.717) is 6.42 Å². The number of hydrogen-bond acceptors (Lipinski definition) is 3. The van der Waals surface area contributed by atoms with Crippen molar-refractivity contribution in [2.24, 2.45) is 0 Å². The molecule has 0 aliphatic heterocycles. The molecule has 0 saturated heterocycles. The van der Waals surface area contributed by atoms with Crippen LogP contribution in [0.25, 0.3) is 0 Å². The van der Waals surface area contributed by atoms with Crippen molar-refractivity contribution in [3.05, 3.63) is 0 Å². The molecule has 1 atom stereocenters. The predicted molar refractivity (Wildman–Crippen MR) is 65.8 cm³/mol. The molecule has 100 valence electrons. The van der Waals surface area contributed by atoms with Crippen LogP contribution in [0.5, 0.6) is 0 Å². The van der Waals surface area contributed by atoms with Gasteiger partial charge in [-0.2, -0.15) is 0 Å². The summed E-state index contributed by atoms with van der Waals surface area (Å²) >= 11 is 0. The molecule has 0 aliphatic rings. The van der Waals surface area contributed by atoms with Crippen LogP contribution in [0.15, 0.2) is 0 Å². The van der Waals surface area contributed by atoms with Gasteiger partial charge in [0.05, 0.1) is 0 Å². The Morgan fingerprint density at radius 2 is 1.65 bits per heavy atom. The molecule has 0 saturated carbocycles. The van der Waals surface area contributed by atoms with Gasteiger partial charge < -0.3 is 9.84 Å². The fourth-order valence-electron chi connectivity index (χ4n) is 1.58. The number of carboxylic acids is 1. The molecule has 0 amide bonds. The third-order valence-corrected chi connectivity index (χ3v) is 2.66. The monoisotopic (exact) mass is 244 g/mol. The van der Waals surface area contributed by atoms with Crippen molar-refractivity contribution in [3.8, 4) is 0 Å². The van der Waals surface area contributed by atoms with Crippen molar-refractivity contribution in [2.45, 2.75) is 71.3 Å². The zero-order valence-corrected chi connectivity index (χ0v) is 10.9. The minimum Gasteiger partial charge on any atom is -0.479 e. The Morgan fingerprint density at radius 3 is 2.18 bits per heavy atom. The van der Waals surface area contributed by atoms with Crippen LogP contribution in [0.2, 0.25) is 0 Å². The van der Waals surface area contributed by atoms with Crippen LogP contribution in [0.3, 0.4) is 0 Å². The third-order valence-electron chi connectivity index (χ3n) is 2.66. The van der Waals surface area contributed by atoms with Gasteiger partial charge in [-0.25, -0.2) is 4.79 Å². The first-order valence-corrected chi connectivity index (χ1v) is 6.54. The van der Waals surface area contributed by atoms with Gasteiger partial charge in [0.25, 0.3) is 0 Å². The average Bonchev–Trinajstić information content (AvgIpc) is 2.31. The van der Waals surface area contributed by atoms with Crippen LogP contribution >= 0.6 is 0 Å². The van der Waals surface area contributed by atoms with E-state index in [-0.39, 0.29) is 6.42 Å². The average molecular weight is 244 g/mol. The number of carbonyl (C=O) groups excluding carboxylic acids is 1. The van der Waals surface area contributed by atoms with Crippen molar-refractivity contribution < 1.29 is 19.4 Å². The van der Waals surface area contributed by atoms with E-state index in [1.54, 1.807) is 6.92 Å². The molecule has 4 nitrogen and oxygen atoms in total. The van der Waals surface area contributed by atoms with Gasteiger partial charge in [-0.15, -0.1) is 0 Å². The number of aliphatic carboxylic acids is 1. The zero-order chi connectivity index (χ0) is 13.1. The second kappa shape index (κ2) is 10.1. The first kappa shape index (κ1) is 15.9. The fourth-order valence-corrected chi connectivity index (χ4v) is 1.58. The van der Waals surface area contributed by atoms with Gasteiger partial charge in [-0.3, -0.25) is 4.79 Å². The van der Waals surface area contributed by atoms with E-state index >= 15 is 0 Å². The Hall–Kier alpha value is -1.06. The van der Waals surface area contributed by atoms with E-state index in [9.17, 15) is 9.59 Å². The molecular formula is C13H24O4. The van der Waals surface area contributed by atoms with Crippen LogP contribution in [-0.4, -0.2) is 23.1 Å². The SMILES string of the molecule is CCCCCCCCC(OC(=O)CC)C(=O)O. The summed E-state index contributed by atoms with van der Waals surface area (Å²) in [6.45, 7) is 3.82. The Kier molecular flexibility index (Phi) is 9.49. The van der Waals surface area contributed by atoms with Crippen molar-refractivity contribution in [1.29, 1.82) is 0 Å². The first-order valence-electron chi connectivity index (χ1n) is 6.54. The maximum absolute atomic E-state index is 11.0. The van der Waals surface area contributed by atoms with Crippen LogP contribution in [0, 0.1) is 0 Å². The summed E-state index contributed by atoms with van der Waals surface area (Å²) in [5, 5.41) is 8.88. The normalized spacial score (nSPS) is 12.1. The van der Waals surface area contributed by atoms with Crippen molar-refractivity contribution in [2.75, 3.05) is 0 Å². The molecule has 0 radical (unpaired) electrons. The van der Waals surface area contributed by atoms with Crippen molar-refractivity contribution >= 4 is 11.9 Å². The highest BCUT2D eigenvalue weighted by molar-refractivity contribution is 5.77. The summed E-state index contributed by atoms with van der Waals surface area (Å²) in [4.78, 5) is 21.9. The first-order chi connectivity index (χ1) is 8.11. The van der Waals surface area contributed by atoms with Gasteiger partial charge >= 0.3 is 11.9 Å². The third kappa shape index (κ3) is 8.72. The minimum absolute atomic E-state index is 0.222. The van der Waals surface area contributed by atoms with Gasteiger partial charge in [0.1, 0.15) is 0 Å². The van der Waals surface area contributed by atoms with Gasteiger partial charge in [0.15, 0.2) is 6.10 Å². The van der Waals surface area contributed by atoms with Crippen LogP contribution in [0.1, 0.15) is 65.2 Å². The summed E-state index contributed by atoms with van der Waals surface area (Å²) in [6, 6.07) is 0. The second-order valence-electron chi connectivity index (χ2n) is 4.23. The summed E-state index contributed by atoms with van der Waals surface area (Å²) in [5.41, 5.74) is 0. The lowest BCUT2D eigenvalue weighted by Gasteiger charge is -2.12. The van der Waals surface area contributed by atoms with E-state index in [1.165, 1.54) is 19.3 Å². The van der Waals surface area contributed by atoms with E-state index in [0.717, 1.165) is 19.3 Å². The zero-order valence-electron chi connectivity index (χ0n) is 10.9. The summed E-state index contributed by atoms with van der Waals surface area (Å²) < 4.78 is 4.85. The molecule has 0 aromatic rings. The molecular weight excluding hydrogens is 220 g/mol. The molecule has 4 heteroatoms. The van der Waals surface area contributed by atoms with E-state index < -0.39 is 18.0 Å². The van der Waals surface area contributed by atoms with Crippen molar-refractivity contribution in [1.82, 2.24) is 0 Å². The lowest BCUT2D eigenvalue weighted by atomic mass is 10.1. The lowest BCUT2D eigenvalue weighted by Crippen LogP contribution is -2.26. The fraction of sp³-hybridized carbons (Fsp3) is 0.846. The number of carbonyl (C=O) groups is 2. The highest BCUT2D eigenvalue weighted by Crippen LogP contribution is 2.11. The number of carboxylic acid groups (broad SMARTS) is 1. The molecule has 1 unspecified atom stereocenters. The predicted octanol–water partition coefficient (Wildman–Crippen LogP) is 3.14. The van der Waals surface area contributed by atoms with Crippen molar-refractivity contribution in [3.63, 3.8) is 0 Å². The molecule has 0 aromatic carbocycles. The lowest BCUT2D eigenvalue weighted by molar-refractivity contribution is -0.164. The largest absolute Gasteiger partial charge is 0.479 e. The quantitative estimate of drug-likeness (QED) is 0.473. The number of rotatable bonds is 10. The number of unbranched alkanes of at least 4 members (excludes halogenated alkanes) is 5. The molecule has 0 spiro atoms. The van der Waals surface area contributed by atoms with Crippen LogP contribution in [-0.2, 0) is 14.3 Å². The maximum atomic E-state index is 11.0. The van der Waals surface area contributed by atoms with E-state index in [4.69, 9.17) is 9.84 Å². The standard InChI is InChI=1S/C13H24O4/c1-3-5-6-7-8-9-10-11(13(15)16)17-12(14)4-2/h11H,3-10H2,1-2H3,(H,15,16). The molecule has 17 heavy (non-hydrogen) atoms. The highest BCUT2D eigenvalue weighted by Gasteiger charge is 2.20. The molecule has 0 heterocycles. The molecule has 0 fully saturated rings. The highest BCUT2D eigenvalue weighted by atomic mass is 16.6. The Bertz CT molecular complexity index is 225. The Morgan fingerprint density at radius 1 is 1.06 bits per heavy atom. The molecule has 0 aromatic heterocycles. The Labute approximate surface area is 103 Å². The molecule has 0 rings (SSSR count). The molecule has 0 bridgehead atoms. The smallest absolute Gasteiger partial charge is 0.345 e. The van der Waals surface area contributed by atoms with Gasteiger partial charge in [-0.1, -0.05) is 46.0 Å². The molecule has 0 aliphatic carbocycles. The maximum Gasteiger partial charge on any atom is 0.345 e. The van der Waals surface area contributed by atoms with Gasteiger partial charge in [0, 0.05) is 6.42 Å². The summed E-state index contributed by atoms with van der Waals surface area (Å²) in [7, 11) is 0. The van der Waals surface area contributed by atoms with Gasteiger partial charge in [0.2, 0.25) is 0 Å². The summed E-state index contributed by atoms with van der Waals surface area (Å²) in [6.07, 6.45) is 6.25.